The average Bonchev–Trinajstić information content (AvgIpc) is 3.32. The maximum atomic E-state index is 12.7. The van der Waals surface area contributed by atoms with Crippen molar-refractivity contribution in [3.63, 3.8) is 0 Å². The zero-order valence-electron chi connectivity index (χ0n) is 14.2. The molecular weight excluding hydrogens is 314 g/mol. The van der Waals surface area contributed by atoms with Gasteiger partial charge in [-0.2, -0.15) is 0 Å². The number of carbonyl (C=O) groups is 1. The van der Waals surface area contributed by atoms with Crippen molar-refractivity contribution in [2.45, 2.75) is 31.7 Å². The van der Waals surface area contributed by atoms with Gasteiger partial charge in [-0.1, -0.05) is 18.2 Å². The quantitative estimate of drug-likeness (QED) is 0.682. The fourth-order valence-electron chi connectivity index (χ4n) is 3.66. The molecule has 0 aliphatic carbocycles. The fourth-order valence-corrected chi connectivity index (χ4v) is 3.66. The van der Waals surface area contributed by atoms with Crippen molar-refractivity contribution in [3.8, 4) is 0 Å². The van der Waals surface area contributed by atoms with E-state index >= 15 is 0 Å². The Morgan fingerprint density at radius 3 is 3.08 bits per heavy atom. The van der Waals surface area contributed by atoms with Crippen molar-refractivity contribution in [1.82, 2.24) is 25.2 Å². The van der Waals surface area contributed by atoms with Gasteiger partial charge in [-0.3, -0.25) is 0 Å². The molecule has 0 spiro atoms. The minimum Gasteiger partial charge on any atom is -0.361 e. The first-order valence-electron chi connectivity index (χ1n) is 8.91. The number of hydrogen-bond acceptors (Lipinski definition) is 2. The van der Waals surface area contributed by atoms with E-state index in [1.54, 1.807) is 6.20 Å². The molecule has 1 aliphatic heterocycles. The molecule has 25 heavy (non-hydrogen) atoms. The highest BCUT2D eigenvalue weighted by molar-refractivity contribution is 5.83. The van der Waals surface area contributed by atoms with Crippen LogP contribution in [0.5, 0.6) is 0 Å². The Kier molecular flexibility index (Phi) is 4.41. The number of urea groups is 1. The van der Waals surface area contributed by atoms with Gasteiger partial charge in [0.15, 0.2) is 0 Å². The van der Waals surface area contributed by atoms with Crippen LogP contribution in [-0.2, 0) is 6.42 Å². The molecule has 2 amide bonds. The summed E-state index contributed by atoms with van der Waals surface area (Å²) in [5.74, 6) is 0.881. The van der Waals surface area contributed by atoms with Gasteiger partial charge < -0.3 is 20.2 Å². The van der Waals surface area contributed by atoms with Crippen molar-refractivity contribution < 1.29 is 4.79 Å². The number of rotatable bonds is 4. The van der Waals surface area contributed by atoms with E-state index in [0.29, 0.717) is 6.54 Å². The van der Waals surface area contributed by atoms with Crippen LogP contribution in [-0.4, -0.2) is 39.0 Å². The van der Waals surface area contributed by atoms with Crippen molar-refractivity contribution in [2.24, 2.45) is 0 Å². The van der Waals surface area contributed by atoms with E-state index in [9.17, 15) is 4.79 Å². The largest absolute Gasteiger partial charge is 0.361 e. The molecule has 6 nitrogen and oxygen atoms in total. The summed E-state index contributed by atoms with van der Waals surface area (Å²) < 4.78 is 0. The second-order valence-electron chi connectivity index (χ2n) is 6.52. The predicted octanol–water partition coefficient (Wildman–Crippen LogP) is 3.37. The Labute approximate surface area is 146 Å². The van der Waals surface area contributed by atoms with E-state index in [0.717, 1.165) is 43.6 Å². The second-order valence-corrected chi connectivity index (χ2v) is 6.52. The average molecular weight is 337 g/mol. The molecule has 3 heterocycles. The van der Waals surface area contributed by atoms with Crippen LogP contribution in [0.25, 0.3) is 10.9 Å². The lowest BCUT2D eigenvalue weighted by Crippen LogP contribution is -2.45. The molecule has 1 aromatic carbocycles. The standard InChI is InChI=1S/C19H23N5O/c25-19(24-12-4-3-7-17(24)18-20-10-11-21-18)22-9-8-14-13-23-16-6-2-1-5-15(14)16/h1-2,5-6,10-11,13,17,23H,3-4,7-9,12H2,(H,20,21)(H,22,25). The summed E-state index contributed by atoms with van der Waals surface area (Å²) in [7, 11) is 0. The Morgan fingerprint density at radius 1 is 1.28 bits per heavy atom. The topological polar surface area (TPSA) is 76.8 Å². The fraction of sp³-hybridized carbons (Fsp3) is 0.368. The Morgan fingerprint density at radius 2 is 2.20 bits per heavy atom. The number of likely N-dealkylation sites (tertiary alicyclic amines) is 1. The molecule has 1 fully saturated rings. The number of nitrogens with zero attached hydrogens (tertiary/aromatic N) is 2. The number of aromatic nitrogens is 3. The van der Waals surface area contributed by atoms with Gasteiger partial charge in [0.1, 0.15) is 5.82 Å². The van der Waals surface area contributed by atoms with Gasteiger partial charge in [-0.05, 0) is 37.3 Å². The van der Waals surface area contributed by atoms with Crippen LogP contribution in [0.15, 0.2) is 42.9 Å². The lowest BCUT2D eigenvalue weighted by Gasteiger charge is -2.34. The van der Waals surface area contributed by atoms with Gasteiger partial charge in [0.25, 0.3) is 0 Å². The monoisotopic (exact) mass is 337 g/mol. The third-order valence-corrected chi connectivity index (χ3v) is 4.94. The SMILES string of the molecule is O=C(NCCc1c[nH]c2ccccc12)N1CCCCC1c1ncc[nH]1. The third kappa shape index (κ3) is 3.24. The highest BCUT2D eigenvalue weighted by Gasteiger charge is 2.29. The van der Waals surface area contributed by atoms with Crippen LogP contribution in [0, 0.1) is 0 Å². The first-order valence-corrected chi connectivity index (χ1v) is 8.91. The maximum absolute atomic E-state index is 12.7. The number of piperidine rings is 1. The van der Waals surface area contributed by atoms with Gasteiger partial charge in [-0.25, -0.2) is 9.78 Å². The van der Waals surface area contributed by atoms with Gasteiger partial charge in [0.2, 0.25) is 0 Å². The molecule has 3 aromatic rings. The first-order chi connectivity index (χ1) is 12.3. The molecule has 2 aromatic heterocycles. The molecule has 6 heteroatoms. The Balaban J connectivity index is 1.38. The number of carbonyl (C=O) groups excluding carboxylic acids is 1. The van der Waals surface area contributed by atoms with Crippen LogP contribution >= 0.6 is 0 Å². The summed E-state index contributed by atoms with van der Waals surface area (Å²) in [6.07, 6.45) is 9.55. The molecule has 0 radical (unpaired) electrons. The molecule has 4 rings (SSSR count). The number of para-hydroxylation sites is 1. The van der Waals surface area contributed by atoms with E-state index in [2.05, 4.69) is 32.4 Å². The number of H-pyrrole nitrogens is 2. The highest BCUT2D eigenvalue weighted by atomic mass is 16.2. The van der Waals surface area contributed by atoms with Crippen LogP contribution in [0.2, 0.25) is 0 Å². The second kappa shape index (κ2) is 7.01. The molecule has 0 saturated carbocycles. The number of hydrogen-bond donors (Lipinski definition) is 3. The first kappa shape index (κ1) is 15.7. The van der Waals surface area contributed by atoms with Crippen LogP contribution in [0.4, 0.5) is 4.79 Å². The molecule has 1 saturated heterocycles. The summed E-state index contributed by atoms with van der Waals surface area (Å²) in [6, 6.07) is 8.30. The van der Waals surface area contributed by atoms with Gasteiger partial charge in [0, 0.05) is 42.6 Å². The van der Waals surface area contributed by atoms with Gasteiger partial charge in [-0.15, -0.1) is 0 Å². The van der Waals surface area contributed by atoms with Crippen LogP contribution < -0.4 is 5.32 Å². The molecular formula is C19H23N5O. The third-order valence-electron chi connectivity index (χ3n) is 4.94. The van der Waals surface area contributed by atoms with E-state index in [1.807, 2.05) is 29.4 Å². The van der Waals surface area contributed by atoms with Crippen LogP contribution in [0.3, 0.4) is 0 Å². The minimum atomic E-state index is 0.000872. The van der Waals surface area contributed by atoms with E-state index < -0.39 is 0 Å². The van der Waals surface area contributed by atoms with Crippen molar-refractivity contribution in [1.29, 1.82) is 0 Å². The van der Waals surface area contributed by atoms with Crippen molar-refractivity contribution >= 4 is 16.9 Å². The summed E-state index contributed by atoms with van der Waals surface area (Å²) in [5.41, 5.74) is 2.37. The lowest BCUT2D eigenvalue weighted by atomic mass is 10.0. The van der Waals surface area contributed by atoms with Gasteiger partial charge in [0.05, 0.1) is 6.04 Å². The normalized spacial score (nSPS) is 17.8. The summed E-state index contributed by atoms with van der Waals surface area (Å²) in [5, 5.41) is 4.30. The molecule has 3 N–H and O–H groups in total. The van der Waals surface area contributed by atoms with E-state index in [-0.39, 0.29) is 12.1 Å². The number of imidazole rings is 1. The Bertz CT molecular complexity index is 839. The van der Waals surface area contributed by atoms with Crippen molar-refractivity contribution in [3.05, 3.63) is 54.2 Å². The smallest absolute Gasteiger partial charge is 0.318 e. The van der Waals surface area contributed by atoms with Crippen LogP contribution in [0.1, 0.15) is 36.7 Å². The number of nitrogens with one attached hydrogen (secondary N) is 3. The number of aromatic amines is 2. The predicted molar refractivity (Wildman–Crippen MR) is 97.3 cm³/mol. The lowest BCUT2D eigenvalue weighted by molar-refractivity contribution is 0.148. The summed E-state index contributed by atoms with van der Waals surface area (Å²) in [6.45, 7) is 1.41. The number of benzene rings is 1. The highest BCUT2D eigenvalue weighted by Crippen LogP contribution is 2.28. The number of amides is 2. The molecule has 130 valence electrons. The minimum absolute atomic E-state index is 0.000872. The zero-order chi connectivity index (χ0) is 17.1. The Hall–Kier alpha value is -2.76. The zero-order valence-corrected chi connectivity index (χ0v) is 14.2. The molecule has 0 bridgehead atoms. The molecule has 1 unspecified atom stereocenters. The molecule has 1 atom stereocenters. The van der Waals surface area contributed by atoms with E-state index in [4.69, 9.17) is 0 Å². The molecule has 1 aliphatic rings. The summed E-state index contributed by atoms with van der Waals surface area (Å²) >= 11 is 0. The van der Waals surface area contributed by atoms with Gasteiger partial charge >= 0.3 is 6.03 Å². The summed E-state index contributed by atoms with van der Waals surface area (Å²) in [4.78, 5) is 25.4. The van der Waals surface area contributed by atoms with E-state index in [1.165, 1.54) is 10.9 Å². The number of fused-ring (bicyclic) bond motifs is 1. The maximum Gasteiger partial charge on any atom is 0.318 e. The van der Waals surface area contributed by atoms with Crippen molar-refractivity contribution in [2.75, 3.05) is 13.1 Å².